The van der Waals surface area contributed by atoms with Crippen LogP contribution in [-0.2, 0) is 4.74 Å². The number of nitrogens with zero attached hydrogens (tertiary/aromatic N) is 1. The Labute approximate surface area is 119 Å². The second-order valence-electron chi connectivity index (χ2n) is 4.57. The minimum atomic E-state index is -1.54. The van der Waals surface area contributed by atoms with Gasteiger partial charge in [-0.1, -0.05) is 0 Å². The van der Waals surface area contributed by atoms with E-state index in [0.29, 0.717) is 0 Å². The average molecular weight is 301 g/mol. The number of nitro benzene ring substituents is 1. The summed E-state index contributed by atoms with van der Waals surface area (Å²) in [5.41, 5.74) is -0.129. The summed E-state index contributed by atoms with van der Waals surface area (Å²) in [5.74, 6) is 0.171. The van der Waals surface area contributed by atoms with Crippen molar-refractivity contribution < 1.29 is 34.8 Å². The van der Waals surface area contributed by atoms with E-state index < -0.39 is 42.2 Å². The number of ether oxygens (including phenoxy) is 2. The van der Waals surface area contributed by atoms with Gasteiger partial charge in [0, 0.05) is 12.1 Å². The van der Waals surface area contributed by atoms with Crippen LogP contribution in [-0.4, -0.2) is 62.7 Å². The predicted molar refractivity (Wildman–Crippen MR) is 67.5 cm³/mol. The average Bonchev–Trinajstić information content (AvgIpc) is 2.48. The van der Waals surface area contributed by atoms with Gasteiger partial charge in [0.25, 0.3) is 5.69 Å². The zero-order chi connectivity index (χ0) is 15.6. The van der Waals surface area contributed by atoms with Gasteiger partial charge in [0.05, 0.1) is 11.5 Å². The Morgan fingerprint density at radius 1 is 1.14 bits per heavy atom. The maximum Gasteiger partial charge on any atom is 0.269 e. The van der Waals surface area contributed by atoms with Crippen LogP contribution in [0.25, 0.3) is 0 Å². The van der Waals surface area contributed by atoms with Gasteiger partial charge in [-0.15, -0.1) is 0 Å². The third-order valence-corrected chi connectivity index (χ3v) is 3.15. The van der Waals surface area contributed by atoms with Gasteiger partial charge in [-0.3, -0.25) is 10.1 Å². The number of rotatable bonds is 4. The molecule has 116 valence electrons. The highest BCUT2D eigenvalue weighted by Crippen LogP contribution is 2.25. The Morgan fingerprint density at radius 2 is 1.76 bits per heavy atom. The minimum Gasteiger partial charge on any atom is -0.462 e. The molecule has 5 atom stereocenters. The lowest BCUT2D eigenvalue weighted by Crippen LogP contribution is -2.60. The highest BCUT2D eigenvalue weighted by atomic mass is 16.7. The van der Waals surface area contributed by atoms with Gasteiger partial charge in [-0.25, -0.2) is 0 Å². The maximum atomic E-state index is 10.5. The number of nitro groups is 1. The van der Waals surface area contributed by atoms with E-state index in [9.17, 15) is 25.4 Å². The molecule has 0 aromatic heterocycles. The van der Waals surface area contributed by atoms with Crippen molar-refractivity contribution in [1.82, 2.24) is 0 Å². The van der Waals surface area contributed by atoms with Crippen molar-refractivity contribution in [3.8, 4) is 5.75 Å². The molecule has 0 spiro atoms. The Bertz CT molecular complexity index is 491. The first-order valence-electron chi connectivity index (χ1n) is 6.15. The van der Waals surface area contributed by atoms with Crippen molar-refractivity contribution >= 4 is 5.69 Å². The van der Waals surface area contributed by atoms with Crippen LogP contribution in [0.3, 0.4) is 0 Å². The van der Waals surface area contributed by atoms with Crippen molar-refractivity contribution in [3.63, 3.8) is 0 Å². The van der Waals surface area contributed by atoms with Gasteiger partial charge in [-0.05, 0) is 12.1 Å². The molecule has 0 amide bonds. The van der Waals surface area contributed by atoms with Crippen molar-refractivity contribution in [2.24, 2.45) is 0 Å². The molecule has 1 saturated heterocycles. The standard InChI is InChI=1S/C12H15NO8/c14-5-8-9(15)10(16)11(17)12(21-8)20-7-3-1-6(2-4-7)13(18)19/h1-4,8-12,14-17H,5H2/t8-,9-,10?,11+,12+/m1/s1. The molecule has 0 aliphatic carbocycles. The molecule has 2 rings (SSSR count). The van der Waals surface area contributed by atoms with E-state index in [4.69, 9.17) is 14.6 Å². The summed E-state index contributed by atoms with van der Waals surface area (Å²) >= 11 is 0. The molecule has 21 heavy (non-hydrogen) atoms. The Kier molecular flexibility index (Phi) is 4.70. The van der Waals surface area contributed by atoms with Crippen LogP contribution in [0.1, 0.15) is 0 Å². The Hall–Kier alpha value is -1.78. The largest absolute Gasteiger partial charge is 0.462 e. The van der Waals surface area contributed by atoms with Gasteiger partial charge >= 0.3 is 0 Å². The zero-order valence-electron chi connectivity index (χ0n) is 10.8. The van der Waals surface area contributed by atoms with Crippen molar-refractivity contribution in [1.29, 1.82) is 0 Å². The van der Waals surface area contributed by atoms with Crippen LogP contribution < -0.4 is 4.74 Å². The highest BCUT2D eigenvalue weighted by Gasteiger charge is 2.44. The van der Waals surface area contributed by atoms with Crippen LogP contribution >= 0.6 is 0 Å². The van der Waals surface area contributed by atoms with Crippen LogP contribution in [0, 0.1) is 10.1 Å². The molecule has 9 nitrogen and oxygen atoms in total. The summed E-state index contributed by atoms with van der Waals surface area (Å²) < 4.78 is 10.4. The first-order valence-corrected chi connectivity index (χ1v) is 6.15. The molecule has 9 heteroatoms. The van der Waals surface area contributed by atoms with E-state index in [1.807, 2.05) is 0 Å². The van der Waals surface area contributed by atoms with Gasteiger partial charge in [0.1, 0.15) is 30.2 Å². The fraction of sp³-hybridized carbons (Fsp3) is 0.500. The lowest BCUT2D eigenvalue weighted by Gasteiger charge is -2.39. The molecule has 1 aromatic rings. The topological polar surface area (TPSA) is 143 Å². The van der Waals surface area contributed by atoms with Gasteiger partial charge < -0.3 is 29.9 Å². The molecule has 4 N–H and O–H groups in total. The van der Waals surface area contributed by atoms with Gasteiger partial charge in [-0.2, -0.15) is 0 Å². The predicted octanol–water partition coefficient (Wildman–Crippen LogP) is -1.23. The number of aliphatic hydroxyl groups is 4. The van der Waals surface area contributed by atoms with Crippen molar-refractivity contribution in [3.05, 3.63) is 34.4 Å². The smallest absolute Gasteiger partial charge is 0.269 e. The minimum absolute atomic E-state index is 0.129. The number of benzene rings is 1. The number of hydrogen-bond acceptors (Lipinski definition) is 8. The molecule has 1 aliphatic heterocycles. The van der Waals surface area contributed by atoms with E-state index in [1.165, 1.54) is 24.3 Å². The Balaban J connectivity index is 2.08. The fourth-order valence-corrected chi connectivity index (χ4v) is 1.95. The molecule has 1 aromatic carbocycles. The lowest BCUT2D eigenvalue weighted by atomic mass is 9.99. The number of aliphatic hydroxyl groups excluding tert-OH is 4. The summed E-state index contributed by atoms with van der Waals surface area (Å²) in [6, 6.07) is 5.03. The first-order chi connectivity index (χ1) is 9.93. The normalized spacial score (nSPS) is 32.7. The second-order valence-corrected chi connectivity index (χ2v) is 4.57. The molecule has 1 fully saturated rings. The van der Waals surface area contributed by atoms with E-state index in [1.54, 1.807) is 0 Å². The van der Waals surface area contributed by atoms with Gasteiger partial charge in [0.2, 0.25) is 6.29 Å². The van der Waals surface area contributed by atoms with Crippen molar-refractivity contribution in [2.45, 2.75) is 30.7 Å². The summed E-state index contributed by atoms with van der Waals surface area (Å²) in [6.07, 6.45) is -6.94. The van der Waals surface area contributed by atoms with Crippen LogP contribution in [0.2, 0.25) is 0 Å². The third-order valence-electron chi connectivity index (χ3n) is 3.15. The number of hydrogen-bond donors (Lipinski definition) is 4. The molecular formula is C12H15NO8. The summed E-state index contributed by atoms with van der Waals surface area (Å²) in [5, 5.41) is 48.6. The Morgan fingerprint density at radius 3 is 2.29 bits per heavy atom. The van der Waals surface area contributed by atoms with E-state index in [-0.39, 0.29) is 11.4 Å². The third kappa shape index (κ3) is 3.28. The van der Waals surface area contributed by atoms with E-state index in [0.717, 1.165) is 0 Å². The van der Waals surface area contributed by atoms with E-state index in [2.05, 4.69) is 0 Å². The van der Waals surface area contributed by atoms with Gasteiger partial charge in [0.15, 0.2) is 0 Å². The molecule has 0 bridgehead atoms. The summed E-state index contributed by atoms with van der Waals surface area (Å²) in [6.45, 7) is -0.564. The second kappa shape index (κ2) is 6.33. The fourth-order valence-electron chi connectivity index (χ4n) is 1.95. The molecule has 1 unspecified atom stereocenters. The molecule has 0 saturated carbocycles. The lowest BCUT2D eigenvalue weighted by molar-refractivity contribution is -0.384. The monoisotopic (exact) mass is 301 g/mol. The molecular weight excluding hydrogens is 286 g/mol. The van der Waals surface area contributed by atoms with Crippen LogP contribution in [0.5, 0.6) is 5.75 Å². The number of non-ortho nitro benzene ring substituents is 1. The highest BCUT2D eigenvalue weighted by molar-refractivity contribution is 5.36. The van der Waals surface area contributed by atoms with Crippen LogP contribution in [0.15, 0.2) is 24.3 Å². The SMILES string of the molecule is O=[N+]([O-])c1ccc(O[C@H]2O[C@H](CO)[C@@H](O)C(O)[C@@H]2O)cc1. The summed E-state index contributed by atoms with van der Waals surface area (Å²) in [7, 11) is 0. The van der Waals surface area contributed by atoms with Crippen molar-refractivity contribution in [2.75, 3.05) is 6.61 Å². The molecule has 1 aliphatic rings. The molecule has 1 heterocycles. The zero-order valence-corrected chi connectivity index (χ0v) is 10.8. The van der Waals surface area contributed by atoms with E-state index >= 15 is 0 Å². The molecule has 0 radical (unpaired) electrons. The quantitative estimate of drug-likeness (QED) is 0.400. The maximum absolute atomic E-state index is 10.5. The van der Waals surface area contributed by atoms with Crippen LogP contribution in [0.4, 0.5) is 5.69 Å². The first kappa shape index (κ1) is 15.6. The summed E-state index contributed by atoms with van der Waals surface area (Å²) in [4.78, 5) is 9.95.